The quantitative estimate of drug-likeness (QED) is 0.628. The molecule has 1 heterocycles. The van der Waals surface area contributed by atoms with Gasteiger partial charge in [0.05, 0.1) is 25.2 Å². The van der Waals surface area contributed by atoms with Crippen LogP contribution in [0.4, 0.5) is 0 Å². The zero-order valence-electron chi connectivity index (χ0n) is 20.0. The molecule has 0 spiro atoms. The summed E-state index contributed by atoms with van der Waals surface area (Å²) in [4.78, 5) is 13.0. The van der Waals surface area contributed by atoms with Gasteiger partial charge in [0.2, 0.25) is 15.9 Å². The number of nitrogens with one attached hydrogen (secondary N) is 1. The van der Waals surface area contributed by atoms with Crippen LogP contribution in [0.1, 0.15) is 43.9 Å². The Labute approximate surface area is 195 Å². The number of amides is 1. The first-order chi connectivity index (χ1) is 15.5. The number of carbonyl (C=O) groups excluding carboxylic acids is 1. The van der Waals surface area contributed by atoms with Crippen molar-refractivity contribution in [3.05, 3.63) is 47.5 Å². The van der Waals surface area contributed by atoms with Crippen LogP contribution in [0.2, 0.25) is 0 Å². The van der Waals surface area contributed by atoms with Gasteiger partial charge in [0.15, 0.2) is 0 Å². The highest BCUT2D eigenvalue weighted by Crippen LogP contribution is 2.41. The molecule has 33 heavy (non-hydrogen) atoms. The topological polar surface area (TPSA) is 94.2 Å². The number of sulfonamides is 1. The van der Waals surface area contributed by atoms with Crippen molar-refractivity contribution >= 4 is 15.9 Å². The Hall–Kier alpha value is -2.78. The Morgan fingerprint density at radius 1 is 1.15 bits per heavy atom. The van der Waals surface area contributed by atoms with Crippen molar-refractivity contribution in [2.75, 3.05) is 28.3 Å². The van der Waals surface area contributed by atoms with E-state index in [0.29, 0.717) is 35.7 Å². The summed E-state index contributed by atoms with van der Waals surface area (Å²) in [7, 11) is 2.50. The molecule has 0 fully saturated rings. The second kappa shape index (κ2) is 9.61. The van der Waals surface area contributed by atoms with Crippen LogP contribution in [0.5, 0.6) is 17.2 Å². The molecule has 0 saturated carbocycles. The van der Waals surface area contributed by atoms with E-state index in [-0.39, 0.29) is 23.3 Å². The maximum absolute atomic E-state index is 12.9. The lowest BCUT2D eigenvalue weighted by molar-refractivity contribution is -0.122. The van der Waals surface area contributed by atoms with Crippen molar-refractivity contribution in [2.45, 2.75) is 49.6 Å². The van der Waals surface area contributed by atoms with Gasteiger partial charge in [-0.1, -0.05) is 0 Å². The van der Waals surface area contributed by atoms with E-state index in [1.807, 2.05) is 32.0 Å². The van der Waals surface area contributed by atoms with E-state index >= 15 is 0 Å². The molecule has 1 amide bonds. The fraction of sp³-hybridized carbons (Fsp3) is 0.458. The summed E-state index contributed by atoms with van der Waals surface area (Å²) in [5.74, 6) is 1.79. The van der Waals surface area contributed by atoms with E-state index in [1.54, 1.807) is 19.2 Å². The van der Waals surface area contributed by atoms with Crippen molar-refractivity contribution in [3.63, 3.8) is 0 Å². The third-order valence-electron chi connectivity index (χ3n) is 5.67. The van der Waals surface area contributed by atoms with Crippen molar-refractivity contribution in [1.29, 1.82) is 0 Å². The van der Waals surface area contributed by atoms with Crippen molar-refractivity contribution in [2.24, 2.45) is 0 Å². The zero-order valence-corrected chi connectivity index (χ0v) is 20.8. The van der Waals surface area contributed by atoms with Crippen LogP contribution in [0.25, 0.3) is 0 Å². The van der Waals surface area contributed by atoms with Gasteiger partial charge in [0, 0.05) is 38.6 Å². The van der Waals surface area contributed by atoms with Crippen LogP contribution in [-0.2, 0) is 21.2 Å². The van der Waals surface area contributed by atoms with Crippen LogP contribution in [-0.4, -0.2) is 52.5 Å². The number of ether oxygens (including phenoxy) is 3. The van der Waals surface area contributed by atoms with Gasteiger partial charge in [-0.25, -0.2) is 12.7 Å². The fourth-order valence-electron chi connectivity index (χ4n) is 3.92. The molecule has 1 aliphatic rings. The van der Waals surface area contributed by atoms with Crippen LogP contribution in [0.3, 0.4) is 0 Å². The van der Waals surface area contributed by atoms with Gasteiger partial charge in [-0.05, 0) is 56.2 Å². The SMILES string of the molecule is COc1ccc2c(c1)OC(C)(C)C[C@H]2NC(=O)CCc1cc(S(=O)(=O)N(C)C)ccc1OC. The van der Waals surface area contributed by atoms with E-state index in [9.17, 15) is 13.2 Å². The second-order valence-corrected chi connectivity index (χ2v) is 11.0. The highest BCUT2D eigenvalue weighted by molar-refractivity contribution is 7.89. The summed E-state index contributed by atoms with van der Waals surface area (Å²) in [6.45, 7) is 3.96. The lowest BCUT2D eigenvalue weighted by Gasteiger charge is -2.38. The third kappa shape index (κ3) is 5.59. The van der Waals surface area contributed by atoms with Gasteiger partial charge in [-0.2, -0.15) is 0 Å². The molecule has 0 unspecified atom stereocenters. The first-order valence-corrected chi connectivity index (χ1v) is 12.2. The zero-order chi connectivity index (χ0) is 24.4. The number of methoxy groups -OCH3 is 2. The standard InChI is InChI=1S/C24H32N2O6S/c1-24(2)15-20(19-10-8-17(30-5)14-22(19)32-24)25-23(27)12-7-16-13-18(9-11-21(16)31-6)33(28,29)26(3)4/h8-11,13-14,20H,7,12,15H2,1-6H3,(H,25,27)/t20-/m1/s1. The number of carbonyl (C=O) groups is 1. The van der Waals surface area contributed by atoms with Crippen molar-refractivity contribution < 1.29 is 27.4 Å². The molecule has 8 nitrogen and oxygen atoms in total. The maximum Gasteiger partial charge on any atom is 0.242 e. The molecule has 3 rings (SSSR count). The van der Waals surface area contributed by atoms with E-state index in [0.717, 1.165) is 9.87 Å². The van der Waals surface area contributed by atoms with Crippen LogP contribution in [0.15, 0.2) is 41.3 Å². The Morgan fingerprint density at radius 3 is 2.52 bits per heavy atom. The molecule has 1 atom stereocenters. The average Bonchev–Trinajstić information content (AvgIpc) is 2.76. The summed E-state index contributed by atoms with van der Waals surface area (Å²) in [5, 5.41) is 3.11. The number of nitrogens with zero attached hydrogens (tertiary/aromatic N) is 1. The number of hydrogen-bond donors (Lipinski definition) is 1. The summed E-state index contributed by atoms with van der Waals surface area (Å²) >= 11 is 0. The van der Waals surface area contributed by atoms with E-state index in [4.69, 9.17) is 14.2 Å². The second-order valence-electron chi connectivity index (χ2n) is 8.85. The lowest BCUT2D eigenvalue weighted by Crippen LogP contribution is -2.41. The molecule has 0 saturated heterocycles. The molecule has 180 valence electrons. The highest BCUT2D eigenvalue weighted by Gasteiger charge is 2.34. The lowest BCUT2D eigenvalue weighted by atomic mass is 9.89. The van der Waals surface area contributed by atoms with Gasteiger partial charge in [0.1, 0.15) is 22.8 Å². The number of hydrogen-bond acceptors (Lipinski definition) is 6. The highest BCUT2D eigenvalue weighted by atomic mass is 32.2. The molecule has 0 bridgehead atoms. The van der Waals surface area contributed by atoms with E-state index < -0.39 is 15.6 Å². The Kier molecular flexibility index (Phi) is 7.23. The summed E-state index contributed by atoms with van der Waals surface area (Å²) < 4.78 is 42.9. The monoisotopic (exact) mass is 476 g/mol. The van der Waals surface area contributed by atoms with Gasteiger partial charge in [-0.3, -0.25) is 4.79 Å². The molecule has 2 aromatic carbocycles. The van der Waals surface area contributed by atoms with E-state index in [2.05, 4.69) is 5.32 Å². The van der Waals surface area contributed by atoms with E-state index in [1.165, 1.54) is 27.3 Å². The fourth-order valence-corrected chi connectivity index (χ4v) is 4.88. The Bertz CT molecular complexity index is 1130. The van der Waals surface area contributed by atoms with Gasteiger partial charge < -0.3 is 19.5 Å². The predicted molar refractivity (Wildman–Crippen MR) is 125 cm³/mol. The average molecular weight is 477 g/mol. The molecular weight excluding hydrogens is 444 g/mol. The number of rotatable bonds is 8. The molecule has 0 radical (unpaired) electrons. The third-order valence-corrected chi connectivity index (χ3v) is 7.48. The van der Waals surface area contributed by atoms with Crippen LogP contribution in [0, 0.1) is 0 Å². The minimum absolute atomic E-state index is 0.137. The molecule has 9 heteroatoms. The summed E-state index contributed by atoms with van der Waals surface area (Å²) in [6.07, 6.45) is 1.15. The minimum Gasteiger partial charge on any atom is -0.497 e. The van der Waals surface area contributed by atoms with Crippen molar-refractivity contribution in [3.8, 4) is 17.2 Å². The molecule has 0 aromatic heterocycles. The van der Waals surface area contributed by atoms with Crippen LogP contribution < -0.4 is 19.5 Å². The molecule has 1 aliphatic heterocycles. The molecule has 0 aliphatic carbocycles. The van der Waals surface area contributed by atoms with Crippen LogP contribution >= 0.6 is 0 Å². The molecular formula is C24H32N2O6S. The largest absolute Gasteiger partial charge is 0.497 e. The van der Waals surface area contributed by atoms with Crippen molar-refractivity contribution in [1.82, 2.24) is 9.62 Å². The predicted octanol–water partition coefficient (Wildman–Crippen LogP) is 3.31. The van der Waals surface area contributed by atoms with Gasteiger partial charge in [0.25, 0.3) is 0 Å². The minimum atomic E-state index is -3.58. The summed E-state index contributed by atoms with van der Waals surface area (Å²) in [5.41, 5.74) is 1.11. The van der Waals surface area contributed by atoms with Gasteiger partial charge >= 0.3 is 0 Å². The molecule has 1 N–H and O–H groups in total. The smallest absolute Gasteiger partial charge is 0.242 e. The summed E-state index contributed by atoms with van der Waals surface area (Å²) in [6, 6.07) is 10.1. The first kappa shape index (κ1) is 24.9. The maximum atomic E-state index is 12.9. The first-order valence-electron chi connectivity index (χ1n) is 10.7. The Balaban J connectivity index is 1.76. The molecule has 2 aromatic rings. The number of fused-ring (bicyclic) bond motifs is 1. The normalized spacial score (nSPS) is 17.1. The number of benzene rings is 2. The van der Waals surface area contributed by atoms with Gasteiger partial charge in [-0.15, -0.1) is 0 Å². The number of aryl methyl sites for hydroxylation is 1. The Morgan fingerprint density at radius 2 is 1.88 bits per heavy atom.